The van der Waals surface area contributed by atoms with E-state index in [9.17, 15) is 8.78 Å². The van der Waals surface area contributed by atoms with Crippen molar-refractivity contribution in [1.82, 2.24) is 0 Å². The van der Waals surface area contributed by atoms with Crippen LogP contribution >= 0.6 is 24.0 Å². The molecule has 3 N–H and O–H groups in total. The Balaban J connectivity index is 0.00000161. The first kappa shape index (κ1) is 16.5. The lowest BCUT2D eigenvalue weighted by Gasteiger charge is -2.19. The molecule has 0 saturated heterocycles. The van der Waals surface area contributed by atoms with E-state index in [4.69, 9.17) is 5.73 Å². The Morgan fingerprint density at radius 1 is 1.29 bits per heavy atom. The molecule has 1 aromatic carbocycles. The fourth-order valence-electron chi connectivity index (χ4n) is 2.87. The standard InChI is InChI=1S/C15H19F2N3.HI/c16-14(17)11-8-13(11)20-15(18)19-12-7-3-5-9-4-1-2-6-10(9)12;/h3,5,7,11,13-14H,1-2,4,6,8H2,(H3,18,19,20);1H/t11-,13-;/m0./s1. The van der Waals surface area contributed by atoms with Crippen LogP contribution in [0.5, 0.6) is 0 Å². The van der Waals surface area contributed by atoms with Crippen LogP contribution in [0.25, 0.3) is 0 Å². The van der Waals surface area contributed by atoms with Gasteiger partial charge in [0.25, 0.3) is 0 Å². The lowest BCUT2D eigenvalue weighted by Crippen LogP contribution is -2.24. The Hall–Kier alpha value is -0.920. The minimum absolute atomic E-state index is 0. The highest BCUT2D eigenvalue weighted by atomic mass is 127. The van der Waals surface area contributed by atoms with E-state index in [1.807, 2.05) is 12.1 Å². The Bertz CT molecular complexity index is 534. The number of aryl methyl sites for hydroxylation is 1. The number of guanidine groups is 1. The molecule has 0 bridgehead atoms. The number of benzene rings is 1. The maximum absolute atomic E-state index is 12.4. The number of hydrogen-bond donors (Lipinski definition) is 2. The van der Waals surface area contributed by atoms with Gasteiger partial charge >= 0.3 is 0 Å². The second kappa shape index (κ2) is 6.89. The van der Waals surface area contributed by atoms with Gasteiger partial charge in [0, 0.05) is 11.6 Å². The van der Waals surface area contributed by atoms with Gasteiger partial charge in [-0.2, -0.15) is 0 Å². The van der Waals surface area contributed by atoms with Gasteiger partial charge in [0.2, 0.25) is 6.43 Å². The zero-order chi connectivity index (χ0) is 14.1. The quantitative estimate of drug-likeness (QED) is 0.458. The summed E-state index contributed by atoms with van der Waals surface area (Å²) in [5, 5.41) is 3.08. The number of nitrogens with zero attached hydrogens (tertiary/aromatic N) is 1. The van der Waals surface area contributed by atoms with E-state index in [-0.39, 0.29) is 36.0 Å². The van der Waals surface area contributed by atoms with E-state index < -0.39 is 12.3 Å². The van der Waals surface area contributed by atoms with Crippen molar-refractivity contribution in [3.8, 4) is 0 Å². The highest BCUT2D eigenvalue weighted by Crippen LogP contribution is 2.39. The van der Waals surface area contributed by atoms with Gasteiger partial charge in [0.1, 0.15) is 0 Å². The molecule has 1 aromatic rings. The molecule has 0 aliphatic heterocycles. The van der Waals surface area contributed by atoms with E-state index in [1.165, 1.54) is 24.0 Å². The third-order valence-corrected chi connectivity index (χ3v) is 4.09. The summed E-state index contributed by atoms with van der Waals surface area (Å²) < 4.78 is 24.9. The van der Waals surface area contributed by atoms with Crippen molar-refractivity contribution in [3.63, 3.8) is 0 Å². The molecule has 0 unspecified atom stereocenters. The third kappa shape index (κ3) is 3.84. The molecule has 1 saturated carbocycles. The summed E-state index contributed by atoms with van der Waals surface area (Å²) in [5.41, 5.74) is 9.45. The number of rotatable bonds is 3. The van der Waals surface area contributed by atoms with Crippen molar-refractivity contribution in [2.24, 2.45) is 16.6 Å². The number of halogens is 3. The minimum Gasteiger partial charge on any atom is -0.370 e. The lowest BCUT2D eigenvalue weighted by atomic mass is 9.90. The zero-order valence-electron chi connectivity index (χ0n) is 11.7. The monoisotopic (exact) mass is 407 g/mol. The lowest BCUT2D eigenvalue weighted by molar-refractivity contribution is 0.121. The maximum atomic E-state index is 12.4. The van der Waals surface area contributed by atoms with E-state index in [0.717, 1.165) is 18.5 Å². The minimum atomic E-state index is -2.29. The molecule has 6 heteroatoms. The van der Waals surface area contributed by atoms with E-state index >= 15 is 0 Å². The van der Waals surface area contributed by atoms with Crippen LogP contribution in [0, 0.1) is 5.92 Å². The smallest absolute Gasteiger partial charge is 0.243 e. The van der Waals surface area contributed by atoms with Crippen molar-refractivity contribution in [3.05, 3.63) is 29.3 Å². The normalized spacial score (nSPS) is 24.2. The molecule has 3 rings (SSSR count). The summed E-state index contributed by atoms with van der Waals surface area (Å²) in [6, 6.07) is 5.80. The Labute approximate surface area is 140 Å². The second-order valence-electron chi connectivity index (χ2n) is 5.59. The Kier molecular flexibility index (Phi) is 5.40. The number of aliphatic imine (C=N–C) groups is 1. The molecular weight excluding hydrogens is 387 g/mol. The van der Waals surface area contributed by atoms with Gasteiger partial charge in [-0.15, -0.1) is 24.0 Å². The fraction of sp³-hybridized carbons (Fsp3) is 0.533. The topological polar surface area (TPSA) is 50.4 Å². The summed E-state index contributed by atoms with van der Waals surface area (Å²) in [5.74, 6) is -0.364. The number of fused-ring (bicyclic) bond motifs is 1. The van der Waals surface area contributed by atoms with Crippen molar-refractivity contribution in [2.75, 3.05) is 5.32 Å². The Morgan fingerprint density at radius 3 is 2.76 bits per heavy atom. The van der Waals surface area contributed by atoms with Crippen LogP contribution < -0.4 is 11.1 Å². The van der Waals surface area contributed by atoms with E-state index in [0.29, 0.717) is 6.42 Å². The maximum Gasteiger partial charge on any atom is 0.243 e. The van der Waals surface area contributed by atoms with Crippen LogP contribution in [0.4, 0.5) is 14.5 Å². The number of alkyl halides is 2. The molecule has 0 radical (unpaired) electrons. The second-order valence-corrected chi connectivity index (χ2v) is 5.59. The van der Waals surface area contributed by atoms with Crippen LogP contribution in [0.3, 0.4) is 0 Å². The van der Waals surface area contributed by atoms with Crippen molar-refractivity contribution in [1.29, 1.82) is 0 Å². The largest absolute Gasteiger partial charge is 0.370 e. The Morgan fingerprint density at radius 2 is 2.05 bits per heavy atom. The highest BCUT2D eigenvalue weighted by molar-refractivity contribution is 14.0. The van der Waals surface area contributed by atoms with Crippen LogP contribution in [0.2, 0.25) is 0 Å². The summed E-state index contributed by atoms with van der Waals surface area (Å²) in [7, 11) is 0. The predicted molar refractivity (Wildman–Crippen MR) is 91.6 cm³/mol. The first-order chi connectivity index (χ1) is 9.65. The third-order valence-electron chi connectivity index (χ3n) is 4.09. The van der Waals surface area contributed by atoms with Crippen LogP contribution in [-0.4, -0.2) is 18.4 Å². The van der Waals surface area contributed by atoms with Crippen molar-refractivity contribution in [2.45, 2.75) is 44.6 Å². The summed E-state index contributed by atoms with van der Waals surface area (Å²) in [4.78, 5) is 4.14. The summed E-state index contributed by atoms with van der Waals surface area (Å²) >= 11 is 0. The first-order valence-electron chi connectivity index (χ1n) is 7.14. The van der Waals surface area contributed by atoms with E-state index in [2.05, 4.69) is 16.4 Å². The molecule has 116 valence electrons. The van der Waals surface area contributed by atoms with Gasteiger partial charge in [-0.1, -0.05) is 12.1 Å². The SMILES string of the molecule is I.NC(=N[C@H]1C[C@@H]1C(F)F)Nc1cccc2c1CCCC2. The number of nitrogens with two attached hydrogens (primary N) is 1. The fourth-order valence-corrected chi connectivity index (χ4v) is 2.87. The predicted octanol–water partition coefficient (Wildman–Crippen LogP) is 3.56. The number of hydrogen-bond acceptors (Lipinski definition) is 1. The van der Waals surface area contributed by atoms with Gasteiger partial charge in [-0.25, -0.2) is 13.8 Å². The molecule has 21 heavy (non-hydrogen) atoms. The van der Waals surface area contributed by atoms with Crippen molar-refractivity contribution < 1.29 is 8.78 Å². The number of nitrogens with one attached hydrogen (secondary N) is 1. The van der Waals surface area contributed by atoms with Crippen LogP contribution in [0.1, 0.15) is 30.4 Å². The molecule has 2 atom stereocenters. The van der Waals surface area contributed by atoms with Crippen LogP contribution in [0.15, 0.2) is 23.2 Å². The average Bonchev–Trinajstić information content (AvgIpc) is 3.18. The van der Waals surface area contributed by atoms with Gasteiger partial charge < -0.3 is 11.1 Å². The number of anilines is 1. The highest BCUT2D eigenvalue weighted by Gasteiger charge is 2.44. The first-order valence-corrected chi connectivity index (χ1v) is 7.14. The van der Waals surface area contributed by atoms with Gasteiger partial charge in [0.05, 0.1) is 6.04 Å². The summed E-state index contributed by atoms with van der Waals surface area (Å²) in [6.07, 6.45) is 2.68. The average molecular weight is 407 g/mol. The molecule has 2 aliphatic rings. The molecule has 1 fully saturated rings. The molecule has 3 nitrogen and oxygen atoms in total. The van der Waals surface area contributed by atoms with Gasteiger partial charge in [-0.3, -0.25) is 0 Å². The molecular formula is C15H20F2IN3. The molecule has 0 spiro atoms. The van der Waals surface area contributed by atoms with Gasteiger partial charge in [-0.05, 0) is 49.3 Å². The van der Waals surface area contributed by atoms with E-state index in [1.54, 1.807) is 0 Å². The molecule has 0 aromatic heterocycles. The summed E-state index contributed by atoms with van der Waals surface area (Å²) in [6.45, 7) is 0. The van der Waals surface area contributed by atoms with Gasteiger partial charge in [0.15, 0.2) is 5.96 Å². The molecule has 0 heterocycles. The van der Waals surface area contributed by atoms with Crippen molar-refractivity contribution >= 4 is 35.6 Å². The van der Waals surface area contributed by atoms with Crippen LogP contribution in [-0.2, 0) is 12.8 Å². The molecule has 2 aliphatic carbocycles. The zero-order valence-corrected chi connectivity index (χ0v) is 14.0. The molecule has 0 amide bonds.